The Morgan fingerprint density at radius 1 is 1.10 bits per heavy atom. The molecule has 0 aliphatic rings. The van der Waals surface area contributed by atoms with Gasteiger partial charge in [0.05, 0.1) is 13.3 Å². The second-order valence-electron chi connectivity index (χ2n) is 7.88. The highest BCUT2D eigenvalue weighted by Crippen LogP contribution is 2.30. The standard InChI is InChI=1S/C14H37O2PSi3/c1-10-13(19(4,5)6)15-18(3)14(11-2,12-17)16-20(7,8)9/h13,18H,10-12,17H2,1-9H3. The zero-order valence-corrected chi connectivity index (χ0v) is 19.5. The minimum Gasteiger partial charge on any atom is -0.418 e. The third kappa shape index (κ3) is 6.41. The van der Waals surface area contributed by atoms with Crippen molar-refractivity contribution in [2.45, 2.75) is 83.5 Å². The summed E-state index contributed by atoms with van der Waals surface area (Å²) in [5, 5.41) is -0.0117. The highest BCUT2D eigenvalue weighted by Gasteiger charge is 2.42. The fourth-order valence-electron chi connectivity index (χ4n) is 2.69. The van der Waals surface area contributed by atoms with Crippen LogP contribution in [-0.4, -0.2) is 42.5 Å². The smallest absolute Gasteiger partial charge is 0.204 e. The third-order valence-electron chi connectivity index (χ3n) is 3.90. The molecule has 0 radical (unpaired) electrons. The lowest BCUT2D eigenvalue weighted by atomic mass is 10.3. The first-order chi connectivity index (χ1) is 8.91. The molecule has 0 aromatic carbocycles. The highest BCUT2D eigenvalue weighted by molar-refractivity contribution is 7.17. The molecule has 2 nitrogen and oxygen atoms in total. The number of hydrogen-bond acceptors (Lipinski definition) is 2. The van der Waals surface area contributed by atoms with Crippen LogP contribution in [0, 0.1) is 0 Å². The van der Waals surface area contributed by atoms with Gasteiger partial charge >= 0.3 is 0 Å². The van der Waals surface area contributed by atoms with Crippen LogP contribution in [0.5, 0.6) is 0 Å². The molecule has 0 amide bonds. The van der Waals surface area contributed by atoms with E-state index in [1.54, 1.807) is 0 Å². The molecule has 0 bridgehead atoms. The van der Waals surface area contributed by atoms with E-state index in [9.17, 15) is 0 Å². The van der Waals surface area contributed by atoms with Crippen LogP contribution < -0.4 is 0 Å². The van der Waals surface area contributed by atoms with Crippen LogP contribution in [0.15, 0.2) is 0 Å². The van der Waals surface area contributed by atoms with Gasteiger partial charge in [0.1, 0.15) is 0 Å². The lowest BCUT2D eigenvalue weighted by Crippen LogP contribution is -2.57. The largest absolute Gasteiger partial charge is 0.418 e. The van der Waals surface area contributed by atoms with Gasteiger partial charge in [0, 0.05) is 5.73 Å². The summed E-state index contributed by atoms with van der Waals surface area (Å²) in [4.78, 5) is 0. The summed E-state index contributed by atoms with van der Waals surface area (Å²) in [6, 6.07) is 0. The summed E-state index contributed by atoms with van der Waals surface area (Å²) < 4.78 is 13.3. The number of hydrogen-bond donors (Lipinski definition) is 0. The predicted octanol–water partition coefficient (Wildman–Crippen LogP) is 4.43. The second-order valence-corrected chi connectivity index (χ2v) is 20.7. The molecule has 0 aliphatic heterocycles. The Morgan fingerprint density at radius 3 is 1.85 bits per heavy atom. The first-order valence-electron chi connectivity index (χ1n) is 7.97. The van der Waals surface area contributed by atoms with Gasteiger partial charge in [-0.3, -0.25) is 0 Å². The lowest BCUT2D eigenvalue weighted by molar-refractivity contribution is 0.123. The monoisotopic (exact) mass is 352 g/mol. The molecule has 4 atom stereocenters. The van der Waals surface area contributed by atoms with E-state index in [0.717, 1.165) is 19.0 Å². The maximum atomic E-state index is 6.64. The maximum absolute atomic E-state index is 6.64. The fourth-order valence-corrected chi connectivity index (χ4v) is 12.7. The molecule has 4 unspecified atom stereocenters. The Labute approximate surface area is 133 Å². The SMILES string of the molecule is CCC(O[SiH](C)C(CC)(CP)O[Si](C)(C)C)[Si](C)(C)C. The lowest BCUT2D eigenvalue weighted by Gasteiger charge is -2.44. The fraction of sp³-hybridized carbons (Fsp3) is 1.00. The summed E-state index contributed by atoms with van der Waals surface area (Å²) >= 11 is 0. The van der Waals surface area contributed by atoms with Crippen molar-refractivity contribution in [1.29, 1.82) is 0 Å². The van der Waals surface area contributed by atoms with Gasteiger partial charge in [-0.25, -0.2) is 0 Å². The summed E-state index contributed by atoms with van der Waals surface area (Å²) in [5.74, 6) is 0. The normalized spacial score (nSPS) is 19.5. The molecule has 0 N–H and O–H groups in total. The van der Waals surface area contributed by atoms with Gasteiger partial charge in [-0.2, -0.15) is 0 Å². The van der Waals surface area contributed by atoms with Crippen LogP contribution in [-0.2, 0) is 8.85 Å². The minimum atomic E-state index is -1.55. The summed E-state index contributed by atoms with van der Waals surface area (Å²) in [6.45, 7) is 21.0. The Bertz CT molecular complexity index is 283. The van der Waals surface area contributed by atoms with Crippen molar-refractivity contribution < 1.29 is 8.85 Å². The van der Waals surface area contributed by atoms with E-state index in [-0.39, 0.29) is 5.22 Å². The summed E-state index contributed by atoms with van der Waals surface area (Å²) in [6.07, 6.45) is 3.20. The van der Waals surface area contributed by atoms with E-state index in [4.69, 9.17) is 8.85 Å². The van der Waals surface area contributed by atoms with Crippen LogP contribution in [0.1, 0.15) is 26.7 Å². The van der Waals surface area contributed by atoms with Gasteiger partial charge in [0.2, 0.25) is 9.04 Å². The van der Waals surface area contributed by atoms with Crippen molar-refractivity contribution >= 4 is 34.7 Å². The van der Waals surface area contributed by atoms with Gasteiger partial charge in [-0.1, -0.05) is 33.5 Å². The quantitative estimate of drug-likeness (QED) is 0.451. The Hall–Kier alpha value is 1.00. The van der Waals surface area contributed by atoms with Gasteiger partial charge < -0.3 is 8.85 Å². The minimum absolute atomic E-state index is 0.0117. The van der Waals surface area contributed by atoms with Crippen LogP contribution >= 0.6 is 9.24 Å². The summed E-state index contributed by atoms with van der Waals surface area (Å²) in [5.41, 5.74) is 0.469. The molecule has 0 aromatic rings. The van der Waals surface area contributed by atoms with Crippen LogP contribution in [0.3, 0.4) is 0 Å². The Kier molecular flexibility index (Phi) is 8.42. The molecule has 0 saturated heterocycles. The van der Waals surface area contributed by atoms with Crippen LogP contribution in [0.25, 0.3) is 0 Å². The van der Waals surface area contributed by atoms with Crippen molar-refractivity contribution in [3.05, 3.63) is 0 Å². The highest BCUT2D eigenvalue weighted by atomic mass is 31.0. The molecule has 0 aromatic heterocycles. The van der Waals surface area contributed by atoms with E-state index >= 15 is 0 Å². The molecule has 0 rings (SSSR count). The van der Waals surface area contributed by atoms with Crippen molar-refractivity contribution in [3.8, 4) is 0 Å². The molecule has 0 fully saturated rings. The third-order valence-corrected chi connectivity index (χ3v) is 12.0. The molecule has 122 valence electrons. The summed E-state index contributed by atoms with van der Waals surface area (Å²) in [7, 11) is -1.29. The molecular formula is C14H37O2PSi3. The van der Waals surface area contributed by atoms with Crippen molar-refractivity contribution in [1.82, 2.24) is 0 Å². The first kappa shape index (κ1) is 21.0. The van der Waals surface area contributed by atoms with Crippen molar-refractivity contribution in [3.63, 3.8) is 0 Å². The van der Waals surface area contributed by atoms with E-state index in [2.05, 4.69) is 68.9 Å². The zero-order valence-electron chi connectivity index (χ0n) is 15.2. The molecule has 0 saturated carbocycles. The van der Waals surface area contributed by atoms with Gasteiger partial charge in [0.25, 0.3) is 0 Å². The number of rotatable bonds is 9. The first-order valence-corrected chi connectivity index (χ1v) is 18.0. The molecule has 0 spiro atoms. The van der Waals surface area contributed by atoms with Gasteiger partial charge in [0.15, 0.2) is 8.32 Å². The maximum Gasteiger partial charge on any atom is 0.204 e. The molecule has 0 heterocycles. The average Bonchev–Trinajstić information content (AvgIpc) is 2.29. The van der Waals surface area contributed by atoms with Crippen molar-refractivity contribution in [2.75, 3.05) is 6.16 Å². The average molecular weight is 353 g/mol. The molecule has 6 heteroatoms. The molecule has 0 aliphatic carbocycles. The predicted molar refractivity (Wildman–Crippen MR) is 104 cm³/mol. The van der Waals surface area contributed by atoms with E-state index < -0.39 is 25.4 Å². The Balaban J connectivity index is 5.11. The molecular weight excluding hydrogens is 315 g/mol. The van der Waals surface area contributed by atoms with Gasteiger partial charge in [-0.05, 0) is 45.2 Å². The van der Waals surface area contributed by atoms with E-state index in [0.29, 0.717) is 5.73 Å². The van der Waals surface area contributed by atoms with Crippen LogP contribution in [0.2, 0.25) is 45.8 Å². The second kappa shape index (κ2) is 8.02. The van der Waals surface area contributed by atoms with E-state index in [1.807, 2.05) is 0 Å². The van der Waals surface area contributed by atoms with Gasteiger partial charge in [-0.15, -0.1) is 9.24 Å². The zero-order chi connectivity index (χ0) is 16.2. The Morgan fingerprint density at radius 2 is 1.60 bits per heavy atom. The van der Waals surface area contributed by atoms with Crippen molar-refractivity contribution in [2.24, 2.45) is 0 Å². The van der Waals surface area contributed by atoms with E-state index in [1.165, 1.54) is 0 Å². The molecule has 20 heavy (non-hydrogen) atoms. The van der Waals surface area contributed by atoms with Crippen LogP contribution in [0.4, 0.5) is 0 Å². The topological polar surface area (TPSA) is 18.5 Å².